The summed E-state index contributed by atoms with van der Waals surface area (Å²) < 4.78 is 28.3. The summed E-state index contributed by atoms with van der Waals surface area (Å²) in [5.74, 6) is -0.680. The maximum atomic E-state index is 12.4. The molecule has 0 aliphatic heterocycles. The van der Waals surface area contributed by atoms with Crippen LogP contribution in [0.25, 0.3) is 5.78 Å². The lowest BCUT2D eigenvalue weighted by Gasteiger charge is -2.06. The van der Waals surface area contributed by atoms with Crippen LogP contribution >= 0.6 is 0 Å². The Kier molecular flexibility index (Phi) is 3.80. The van der Waals surface area contributed by atoms with Crippen LogP contribution in [0.1, 0.15) is 27.6 Å². The van der Waals surface area contributed by atoms with Crippen molar-refractivity contribution >= 4 is 21.7 Å². The third kappa shape index (κ3) is 2.85. The van der Waals surface area contributed by atoms with E-state index in [4.69, 9.17) is 0 Å². The predicted molar refractivity (Wildman–Crippen MR) is 84.8 cm³/mol. The molecule has 9 heteroatoms. The molecule has 24 heavy (non-hydrogen) atoms. The van der Waals surface area contributed by atoms with Gasteiger partial charge in [0.15, 0.2) is 0 Å². The number of H-pyrrole nitrogens is 1. The van der Waals surface area contributed by atoms with E-state index in [1.807, 2.05) is 24.6 Å². The van der Waals surface area contributed by atoms with Gasteiger partial charge in [-0.25, -0.2) is 18.2 Å². The van der Waals surface area contributed by atoms with Crippen molar-refractivity contribution in [2.24, 2.45) is 0 Å². The van der Waals surface area contributed by atoms with Crippen LogP contribution in [0.3, 0.4) is 0 Å². The highest BCUT2D eigenvalue weighted by molar-refractivity contribution is 7.90. The van der Waals surface area contributed by atoms with Gasteiger partial charge in [0, 0.05) is 6.07 Å². The smallest absolute Gasteiger partial charge is 0.263 e. The molecule has 1 amide bonds. The van der Waals surface area contributed by atoms with Crippen LogP contribution in [-0.2, 0) is 10.0 Å². The Morgan fingerprint density at radius 1 is 1.17 bits per heavy atom. The average molecular weight is 346 g/mol. The van der Waals surface area contributed by atoms with Crippen LogP contribution in [0.5, 0.6) is 0 Å². The lowest BCUT2D eigenvalue weighted by Crippen LogP contribution is -2.33. The molecule has 0 atom stereocenters. The first-order chi connectivity index (χ1) is 11.3. The molecule has 0 unspecified atom stereocenters. The van der Waals surface area contributed by atoms with E-state index < -0.39 is 15.9 Å². The quantitative estimate of drug-likeness (QED) is 0.675. The molecule has 1 aromatic carbocycles. The van der Waals surface area contributed by atoms with E-state index in [1.54, 1.807) is 25.1 Å². The number of rotatable bonds is 3. The largest absolute Gasteiger partial charge is 0.457 e. The summed E-state index contributed by atoms with van der Waals surface area (Å²) in [6.07, 6.45) is 0. The number of carbonyl (C=O) groups excluding carboxylic acids is 1. The Bertz CT molecular complexity index is 1060. The van der Waals surface area contributed by atoms with E-state index in [0.29, 0.717) is 11.3 Å². The summed E-state index contributed by atoms with van der Waals surface area (Å²) in [5, 5.41) is 2.75. The van der Waals surface area contributed by atoms with Crippen LogP contribution in [0.15, 0.2) is 35.2 Å². The number of aromatic amines is 1. The van der Waals surface area contributed by atoms with Crippen molar-refractivity contribution in [1.29, 1.82) is 0 Å². The number of hydrogen-bond acceptors (Lipinski definition) is 5. The van der Waals surface area contributed by atoms with Gasteiger partial charge in [-0.05, 0) is 37.4 Å². The number of nitrogens with one attached hydrogen (secondary N) is 2. The Morgan fingerprint density at radius 3 is 2.58 bits per heavy atom. The predicted octanol–water partition coefficient (Wildman–Crippen LogP) is 0.587. The Hall–Kier alpha value is -2.81. The van der Waals surface area contributed by atoms with Crippen molar-refractivity contribution in [1.82, 2.24) is 19.8 Å². The molecule has 0 saturated carbocycles. The second-order valence-electron chi connectivity index (χ2n) is 5.45. The van der Waals surface area contributed by atoms with E-state index in [0.717, 1.165) is 11.4 Å². The van der Waals surface area contributed by atoms with Crippen LogP contribution in [0.2, 0.25) is 0 Å². The number of fused-ring (bicyclic) bond motifs is 1. The second kappa shape index (κ2) is 5.68. The normalized spacial score (nSPS) is 11.6. The van der Waals surface area contributed by atoms with Gasteiger partial charge in [0.1, 0.15) is 11.4 Å². The highest BCUT2D eigenvalue weighted by Gasteiger charge is 2.26. The molecule has 3 aromatic rings. The number of nitrogens with zero attached hydrogens (tertiary/aromatic N) is 3. The van der Waals surface area contributed by atoms with E-state index in [2.05, 4.69) is 15.1 Å². The Morgan fingerprint density at radius 2 is 1.88 bits per heavy atom. The van der Waals surface area contributed by atoms with Gasteiger partial charge in [-0.2, -0.15) is 0 Å². The number of amides is 1. The molecular weight excluding hydrogens is 330 g/mol. The number of benzene rings is 1. The molecular formula is C15H16N5O3S+. The molecule has 0 saturated heterocycles. The molecule has 0 aliphatic rings. The summed E-state index contributed by atoms with van der Waals surface area (Å²) in [4.78, 5) is 20.6. The monoisotopic (exact) mass is 346 g/mol. The average Bonchev–Trinajstić information content (AvgIpc) is 2.91. The second-order valence-corrected chi connectivity index (χ2v) is 7.10. The first kappa shape index (κ1) is 16.1. The van der Waals surface area contributed by atoms with E-state index in [9.17, 15) is 13.2 Å². The van der Waals surface area contributed by atoms with Gasteiger partial charge in [0.2, 0.25) is 0 Å². The molecule has 0 radical (unpaired) electrons. The number of aryl methyl sites for hydroxylation is 3. The Labute approximate surface area is 138 Å². The molecule has 3 rings (SSSR count). The maximum absolute atomic E-state index is 12.4. The summed E-state index contributed by atoms with van der Waals surface area (Å²) in [7, 11) is -3.98. The molecule has 0 spiro atoms. The minimum atomic E-state index is -3.98. The third-order valence-electron chi connectivity index (χ3n) is 3.50. The van der Waals surface area contributed by atoms with Crippen molar-refractivity contribution in [3.8, 4) is 0 Å². The minimum Gasteiger partial charge on any atom is -0.263 e. The first-order valence-electron chi connectivity index (χ1n) is 7.17. The fourth-order valence-electron chi connectivity index (χ4n) is 2.39. The highest BCUT2D eigenvalue weighted by atomic mass is 32.2. The van der Waals surface area contributed by atoms with Crippen LogP contribution in [0.4, 0.5) is 0 Å². The lowest BCUT2D eigenvalue weighted by molar-refractivity contribution is -0.587. The van der Waals surface area contributed by atoms with E-state index >= 15 is 0 Å². The Balaban J connectivity index is 1.96. The van der Waals surface area contributed by atoms with Gasteiger partial charge in [-0.1, -0.05) is 23.2 Å². The number of carbonyl (C=O) groups is 1. The van der Waals surface area contributed by atoms with Gasteiger partial charge in [0.25, 0.3) is 10.0 Å². The number of sulfonamides is 1. The minimum absolute atomic E-state index is 0.0484. The number of aromatic nitrogens is 4. The summed E-state index contributed by atoms with van der Waals surface area (Å²) in [6.45, 7) is 5.29. The van der Waals surface area contributed by atoms with Crippen LogP contribution < -0.4 is 9.24 Å². The van der Waals surface area contributed by atoms with Crippen molar-refractivity contribution in [2.75, 3.05) is 0 Å². The van der Waals surface area contributed by atoms with E-state index in [1.165, 1.54) is 10.6 Å². The topological polar surface area (TPSA) is 109 Å². The molecule has 2 heterocycles. The molecule has 2 N–H and O–H groups in total. The fourth-order valence-corrected chi connectivity index (χ4v) is 3.59. The van der Waals surface area contributed by atoms with Gasteiger partial charge < -0.3 is 0 Å². The highest BCUT2D eigenvalue weighted by Crippen LogP contribution is 2.14. The van der Waals surface area contributed by atoms with Crippen molar-refractivity contribution in [2.45, 2.75) is 25.7 Å². The third-order valence-corrected chi connectivity index (χ3v) is 4.99. The zero-order valence-electron chi connectivity index (χ0n) is 13.4. The SMILES string of the molecule is Cc1cc(C)[n+]2[nH]c(C(=O)NS(=O)(=O)c3ccccc3C)nc2n1. The maximum Gasteiger partial charge on any atom is 0.457 e. The molecule has 124 valence electrons. The van der Waals surface area contributed by atoms with Gasteiger partial charge in [-0.3, -0.25) is 4.79 Å². The summed E-state index contributed by atoms with van der Waals surface area (Å²) in [6, 6.07) is 8.23. The zero-order valence-corrected chi connectivity index (χ0v) is 14.2. The standard InChI is InChI=1S/C15H15N5O3S/c1-9-6-4-5-7-12(9)24(22,23)19-14(21)13-17-15-16-10(2)8-11(3)20(15)18-13/h4-8H,1-3H3,(H,19,21)/p+1. The van der Waals surface area contributed by atoms with Crippen molar-refractivity contribution in [3.63, 3.8) is 0 Å². The van der Waals surface area contributed by atoms with Gasteiger partial charge >= 0.3 is 17.5 Å². The van der Waals surface area contributed by atoms with Gasteiger partial charge in [-0.15, -0.1) is 4.52 Å². The van der Waals surface area contributed by atoms with Gasteiger partial charge in [0.05, 0.1) is 4.90 Å². The molecule has 0 fully saturated rings. The van der Waals surface area contributed by atoms with Crippen LogP contribution in [0, 0.1) is 20.8 Å². The van der Waals surface area contributed by atoms with Crippen LogP contribution in [-0.4, -0.2) is 29.4 Å². The first-order valence-corrected chi connectivity index (χ1v) is 8.65. The zero-order chi connectivity index (χ0) is 17.5. The summed E-state index contributed by atoms with van der Waals surface area (Å²) >= 11 is 0. The lowest BCUT2D eigenvalue weighted by atomic mass is 10.2. The summed E-state index contributed by atoms with van der Waals surface area (Å²) in [5.41, 5.74) is 2.09. The molecule has 8 nitrogen and oxygen atoms in total. The number of hydrogen-bond donors (Lipinski definition) is 2. The van der Waals surface area contributed by atoms with Crippen molar-refractivity contribution in [3.05, 3.63) is 53.1 Å². The molecule has 0 bridgehead atoms. The molecule has 2 aromatic heterocycles. The van der Waals surface area contributed by atoms with Crippen molar-refractivity contribution < 1.29 is 17.7 Å². The fraction of sp³-hybridized carbons (Fsp3) is 0.200. The van der Waals surface area contributed by atoms with E-state index in [-0.39, 0.29) is 10.7 Å². The molecule has 0 aliphatic carbocycles.